The standard InChI is InChI=1S/C19H27NO4S2/c1-3-22-16-12-19(18(21)23-4-2,13-17-25-10-11-26-17)20(24-16)14-15-8-6-5-7-9-15/h5-9,16-17H,3-4,10-14H2,1-2H3/t16-,19+/m1/s1. The molecule has 0 spiro atoms. The highest BCUT2D eigenvalue weighted by molar-refractivity contribution is 8.20. The monoisotopic (exact) mass is 397 g/mol. The lowest BCUT2D eigenvalue weighted by Gasteiger charge is -2.35. The summed E-state index contributed by atoms with van der Waals surface area (Å²) in [6.07, 6.45) is 0.798. The van der Waals surface area contributed by atoms with E-state index in [2.05, 4.69) is 0 Å². The Morgan fingerprint density at radius 1 is 1.23 bits per heavy atom. The van der Waals surface area contributed by atoms with Crippen molar-refractivity contribution < 1.29 is 19.1 Å². The number of benzene rings is 1. The largest absolute Gasteiger partial charge is 0.465 e. The maximum atomic E-state index is 13.1. The van der Waals surface area contributed by atoms with Crippen molar-refractivity contribution in [2.24, 2.45) is 0 Å². The third-order valence-corrected chi connectivity index (χ3v) is 7.63. The zero-order chi connectivity index (χ0) is 18.4. The summed E-state index contributed by atoms with van der Waals surface area (Å²) in [6, 6.07) is 10.1. The number of ether oxygens (including phenoxy) is 2. The minimum Gasteiger partial charge on any atom is -0.465 e. The highest BCUT2D eigenvalue weighted by Crippen LogP contribution is 2.45. The first-order chi connectivity index (χ1) is 12.7. The number of hydrogen-bond donors (Lipinski definition) is 0. The molecule has 2 fully saturated rings. The Labute approximate surface area is 164 Å². The molecule has 0 saturated carbocycles. The molecule has 2 aliphatic rings. The van der Waals surface area contributed by atoms with Gasteiger partial charge in [0.25, 0.3) is 0 Å². The fraction of sp³-hybridized carbons (Fsp3) is 0.632. The lowest BCUT2D eigenvalue weighted by Crippen LogP contribution is -2.51. The van der Waals surface area contributed by atoms with Crippen LogP contribution in [0, 0.1) is 0 Å². The summed E-state index contributed by atoms with van der Waals surface area (Å²) in [5, 5.41) is 1.82. The summed E-state index contributed by atoms with van der Waals surface area (Å²) in [7, 11) is 0. The van der Waals surface area contributed by atoms with Gasteiger partial charge in [0, 0.05) is 24.5 Å². The van der Waals surface area contributed by atoms with Gasteiger partial charge in [-0.25, -0.2) is 4.79 Å². The summed E-state index contributed by atoms with van der Waals surface area (Å²) in [4.78, 5) is 19.2. The highest BCUT2D eigenvalue weighted by Gasteiger charge is 2.55. The second-order valence-electron chi connectivity index (χ2n) is 6.34. The molecule has 1 aromatic carbocycles. The molecule has 0 radical (unpaired) electrons. The van der Waals surface area contributed by atoms with E-state index in [1.807, 2.05) is 72.8 Å². The average Bonchev–Trinajstić information content (AvgIpc) is 3.26. The van der Waals surface area contributed by atoms with Gasteiger partial charge in [-0.1, -0.05) is 30.3 Å². The van der Waals surface area contributed by atoms with Crippen molar-refractivity contribution in [2.75, 3.05) is 24.7 Å². The number of esters is 1. The molecule has 26 heavy (non-hydrogen) atoms. The third kappa shape index (κ3) is 4.57. The second kappa shape index (κ2) is 9.46. The molecule has 0 unspecified atom stereocenters. The van der Waals surface area contributed by atoms with Crippen molar-refractivity contribution in [1.29, 1.82) is 0 Å². The predicted molar refractivity (Wildman–Crippen MR) is 106 cm³/mol. The molecule has 2 saturated heterocycles. The molecule has 3 rings (SSSR count). The van der Waals surface area contributed by atoms with Gasteiger partial charge in [0.2, 0.25) is 0 Å². The van der Waals surface area contributed by atoms with E-state index in [0.29, 0.717) is 37.2 Å². The fourth-order valence-corrected chi connectivity index (χ4v) is 6.44. The smallest absolute Gasteiger partial charge is 0.329 e. The summed E-state index contributed by atoms with van der Waals surface area (Å²) in [5.74, 6) is 2.05. The van der Waals surface area contributed by atoms with Gasteiger partial charge in [0.1, 0.15) is 0 Å². The maximum absolute atomic E-state index is 13.1. The van der Waals surface area contributed by atoms with Gasteiger partial charge < -0.3 is 9.47 Å². The zero-order valence-electron chi connectivity index (χ0n) is 15.4. The predicted octanol–water partition coefficient (Wildman–Crippen LogP) is 3.68. The van der Waals surface area contributed by atoms with E-state index in [0.717, 1.165) is 17.1 Å². The first-order valence-electron chi connectivity index (χ1n) is 9.18. The molecule has 0 aliphatic carbocycles. The van der Waals surface area contributed by atoms with Gasteiger partial charge in [0.15, 0.2) is 11.8 Å². The van der Waals surface area contributed by atoms with Crippen molar-refractivity contribution in [3.8, 4) is 0 Å². The van der Waals surface area contributed by atoms with Crippen LogP contribution in [0.1, 0.15) is 32.3 Å². The van der Waals surface area contributed by atoms with E-state index in [-0.39, 0.29) is 5.97 Å². The first-order valence-corrected chi connectivity index (χ1v) is 11.3. The van der Waals surface area contributed by atoms with E-state index in [1.165, 1.54) is 0 Å². The Hall–Kier alpha value is -0.730. The van der Waals surface area contributed by atoms with Gasteiger partial charge in [0.05, 0.1) is 17.7 Å². The van der Waals surface area contributed by atoms with E-state index in [1.54, 1.807) is 0 Å². The number of carbonyl (C=O) groups excluding carboxylic acids is 1. The van der Waals surface area contributed by atoms with Gasteiger partial charge >= 0.3 is 5.97 Å². The van der Waals surface area contributed by atoms with Crippen LogP contribution in [0.2, 0.25) is 0 Å². The SMILES string of the molecule is CCOC(=O)[C@@]1(CC2SCCS2)C[C@H](OCC)ON1Cc1ccccc1. The number of hydroxylamine groups is 2. The van der Waals surface area contributed by atoms with Gasteiger partial charge in [-0.15, -0.1) is 23.5 Å². The van der Waals surface area contributed by atoms with E-state index in [4.69, 9.17) is 14.3 Å². The third-order valence-electron chi connectivity index (χ3n) is 4.60. The molecule has 0 amide bonds. The van der Waals surface area contributed by atoms with Crippen molar-refractivity contribution in [2.45, 2.75) is 49.6 Å². The molecular weight excluding hydrogens is 370 g/mol. The molecule has 5 nitrogen and oxygen atoms in total. The van der Waals surface area contributed by atoms with E-state index in [9.17, 15) is 4.79 Å². The fourth-order valence-electron chi connectivity index (χ4n) is 3.39. The highest BCUT2D eigenvalue weighted by atomic mass is 32.2. The van der Waals surface area contributed by atoms with Crippen LogP contribution in [-0.2, 0) is 25.7 Å². The van der Waals surface area contributed by atoms with Crippen molar-refractivity contribution in [3.63, 3.8) is 0 Å². The Kier molecular flexibility index (Phi) is 7.28. The van der Waals surface area contributed by atoms with Gasteiger partial charge in [-0.3, -0.25) is 4.84 Å². The van der Waals surface area contributed by atoms with E-state index >= 15 is 0 Å². The van der Waals surface area contributed by atoms with Crippen LogP contribution in [0.4, 0.5) is 0 Å². The summed E-state index contributed by atoms with van der Waals surface area (Å²) < 4.78 is 11.6. The molecule has 2 heterocycles. The molecule has 2 aliphatic heterocycles. The molecule has 2 atom stereocenters. The van der Waals surface area contributed by atoms with Crippen molar-refractivity contribution >= 4 is 29.5 Å². The van der Waals surface area contributed by atoms with Crippen LogP contribution in [0.3, 0.4) is 0 Å². The van der Waals surface area contributed by atoms with E-state index < -0.39 is 11.8 Å². The van der Waals surface area contributed by atoms with Crippen LogP contribution in [0.5, 0.6) is 0 Å². The maximum Gasteiger partial charge on any atom is 0.329 e. The molecule has 0 bridgehead atoms. The van der Waals surface area contributed by atoms with Crippen LogP contribution in [0.25, 0.3) is 0 Å². The minimum absolute atomic E-state index is 0.203. The number of thioether (sulfide) groups is 2. The zero-order valence-corrected chi connectivity index (χ0v) is 17.0. The van der Waals surface area contributed by atoms with Crippen LogP contribution in [0.15, 0.2) is 30.3 Å². The van der Waals surface area contributed by atoms with Gasteiger partial charge in [-0.2, -0.15) is 5.06 Å². The van der Waals surface area contributed by atoms with Crippen LogP contribution < -0.4 is 0 Å². The summed E-state index contributed by atoms with van der Waals surface area (Å²) in [5.41, 5.74) is 0.297. The quantitative estimate of drug-likeness (QED) is 0.620. The first kappa shape index (κ1) is 20.0. The lowest BCUT2D eigenvalue weighted by molar-refractivity contribution is -0.256. The normalized spacial score (nSPS) is 27.1. The Balaban J connectivity index is 1.87. The molecule has 0 aromatic heterocycles. The Bertz CT molecular complexity index is 582. The van der Waals surface area contributed by atoms with Crippen LogP contribution in [-0.4, -0.2) is 52.2 Å². The van der Waals surface area contributed by atoms with Crippen LogP contribution >= 0.6 is 23.5 Å². The molecule has 1 aromatic rings. The Morgan fingerprint density at radius 2 is 1.96 bits per heavy atom. The minimum atomic E-state index is -0.805. The van der Waals surface area contributed by atoms with Crippen molar-refractivity contribution in [1.82, 2.24) is 5.06 Å². The molecule has 0 N–H and O–H groups in total. The number of rotatable bonds is 8. The van der Waals surface area contributed by atoms with Gasteiger partial charge in [-0.05, 0) is 25.8 Å². The topological polar surface area (TPSA) is 48.0 Å². The lowest BCUT2D eigenvalue weighted by atomic mass is 9.91. The number of carbonyl (C=O) groups is 1. The second-order valence-corrected chi connectivity index (χ2v) is 9.26. The molecule has 7 heteroatoms. The molecule has 144 valence electrons. The van der Waals surface area contributed by atoms with Crippen molar-refractivity contribution in [3.05, 3.63) is 35.9 Å². The Morgan fingerprint density at radius 3 is 2.62 bits per heavy atom. The molecular formula is C19H27NO4S2. The summed E-state index contributed by atoms with van der Waals surface area (Å²) in [6.45, 7) is 5.24. The average molecular weight is 398 g/mol. The summed E-state index contributed by atoms with van der Waals surface area (Å²) >= 11 is 3.84. The number of nitrogens with zero attached hydrogens (tertiary/aromatic N) is 1. The number of hydrogen-bond acceptors (Lipinski definition) is 7.